The second kappa shape index (κ2) is 8.15. The molecule has 0 aliphatic heterocycles. The molecule has 0 heterocycles. The van der Waals surface area contributed by atoms with Crippen molar-refractivity contribution in [1.82, 2.24) is 4.90 Å². The monoisotopic (exact) mass is 274 g/mol. The standard InChI is InChI=1S/C16H22N2O2/c1-4-5-10-16(20)17-14-9-7-6-8-13(14)15(19)11-12-18(2)3/h6-9,11-12H,4-5,10H2,1-3H3,(H,17,20)/b12-11+. The van der Waals surface area contributed by atoms with Crippen molar-refractivity contribution < 1.29 is 9.59 Å². The van der Waals surface area contributed by atoms with Crippen LogP contribution in [-0.4, -0.2) is 30.7 Å². The highest BCUT2D eigenvalue weighted by molar-refractivity contribution is 6.10. The molecule has 0 aliphatic rings. The number of nitrogens with one attached hydrogen (secondary N) is 1. The molecular weight excluding hydrogens is 252 g/mol. The van der Waals surface area contributed by atoms with Crippen LogP contribution in [0.25, 0.3) is 0 Å². The van der Waals surface area contributed by atoms with Crippen LogP contribution < -0.4 is 5.32 Å². The van der Waals surface area contributed by atoms with Gasteiger partial charge < -0.3 is 10.2 Å². The lowest BCUT2D eigenvalue weighted by molar-refractivity contribution is -0.116. The molecule has 0 atom stereocenters. The largest absolute Gasteiger partial charge is 0.383 e. The van der Waals surface area contributed by atoms with E-state index in [0.717, 1.165) is 12.8 Å². The molecular formula is C16H22N2O2. The molecule has 108 valence electrons. The number of hydrogen-bond donors (Lipinski definition) is 1. The lowest BCUT2D eigenvalue weighted by Gasteiger charge is -2.09. The van der Waals surface area contributed by atoms with Gasteiger partial charge in [0, 0.05) is 38.4 Å². The summed E-state index contributed by atoms with van der Waals surface area (Å²) < 4.78 is 0. The van der Waals surface area contributed by atoms with Crippen LogP contribution in [0.4, 0.5) is 5.69 Å². The molecule has 1 aromatic carbocycles. The van der Waals surface area contributed by atoms with Crippen molar-refractivity contribution >= 4 is 17.4 Å². The van der Waals surface area contributed by atoms with Crippen molar-refractivity contribution in [2.45, 2.75) is 26.2 Å². The van der Waals surface area contributed by atoms with Crippen molar-refractivity contribution in [2.24, 2.45) is 0 Å². The van der Waals surface area contributed by atoms with Crippen molar-refractivity contribution in [3.8, 4) is 0 Å². The van der Waals surface area contributed by atoms with Gasteiger partial charge in [0.2, 0.25) is 5.91 Å². The van der Waals surface area contributed by atoms with Crippen molar-refractivity contribution in [3.05, 3.63) is 42.1 Å². The van der Waals surface area contributed by atoms with E-state index < -0.39 is 0 Å². The van der Waals surface area contributed by atoms with Crippen LogP contribution in [0.3, 0.4) is 0 Å². The minimum Gasteiger partial charge on any atom is -0.383 e. The topological polar surface area (TPSA) is 49.4 Å². The molecule has 0 fully saturated rings. The summed E-state index contributed by atoms with van der Waals surface area (Å²) in [4.78, 5) is 25.7. The summed E-state index contributed by atoms with van der Waals surface area (Å²) in [7, 11) is 3.70. The predicted molar refractivity (Wildman–Crippen MR) is 81.8 cm³/mol. The second-order valence-corrected chi connectivity index (χ2v) is 4.84. The average Bonchev–Trinajstić information content (AvgIpc) is 2.43. The number of allylic oxidation sites excluding steroid dienone is 1. The Morgan fingerprint density at radius 3 is 2.60 bits per heavy atom. The van der Waals surface area contributed by atoms with Gasteiger partial charge in [0.1, 0.15) is 0 Å². The number of rotatable bonds is 7. The summed E-state index contributed by atoms with van der Waals surface area (Å²) in [6.45, 7) is 2.04. The van der Waals surface area contributed by atoms with Crippen LogP contribution in [0, 0.1) is 0 Å². The maximum absolute atomic E-state index is 12.1. The first-order chi connectivity index (χ1) is 9.54. The molecule has 0 radical (unpaired) electrons. The lowest BCUT2D eigenvalue weighted by Crippen LogP contribution is -2.14. The molecule has 0 spiro atoms. The van der Waals surface area contributed by atoms with E-state index in [1.807, 2.05) is 27.1 Å². The fourth-order valence-electron chi connectivity index (χ4n) is 1.66. The molecule has 0 bridgehead atoms. The number of benzene rings is 1. The van der Waals surface area contributed by atoms with Gasteiger partial charge in [-0.1, -0.05) is 25.5 Å². The Balaban J connectivity index is 2.82. The number of carbonyl (C=O) groups excluding carboxylic acids is 2. The Bertz CT molecular complexity index is 493. The number of ketones is 1. The molecule has 0 saturated carbocycles. The summed E-state index contributed by atoms with van der Waals surface area (Å²) in [5, 5.41) is 2.81. The van der Waals surface area contributed by atoms with Gasteiger partial charge in [-0.25, -0.2) is 0 Å². The fraction of sp³-hybridized carbons (Fsp3) is 0.375. The van der Waals surface area contributed by atoms with E-state index in [0.29, 0.717) is 17.7 Å². The van der Waals surface area contributed by atoms with E-state index in [4.69, 9.17) is 0 Å². The molecule has 0 saturated heterocycles. The normalized spacial score (nSPS) is 10.6. The zero-order valence-electron chi connectivity index (χ0n) is 12.3. The van der Waals surface area contributed by atoms with Crippen molar-refractivity contribution in [2.75, 3.05) is 19.4 Å². The maximum atomic E-state index is 12.1. The molecule has 0 unspecified atom stereocenters. The number of para-hydroxylation sites is 1. The quantitative estimate of drug-likeness (QED) is 0.614. The average molecular weight is 274 g/mol. The highest BCUT2D eigenvalue weighted by Crippen LogP contribution is 2.17. The molecule has 1 amide bonds. The SMILES string of the molecule is CCCCC(=O)Nc1ccccc1C(=O)/C=C/N(C)C. The molecule has 4 heteroatoms. The zero-order chi connectivity index (χ0) is 15.0. The molecule has 0 aromatic heterocycles. The number of carbonyl (C=O) groups is 2. The molecule has 1 aromatic rings. The predicted octanol–water partition coefficient (Wildman–Crippen LogP) is 3.07. The maximum Gasteiger partial charge on any atom is 0.224 e. The van der Waals surface area contributed by atoms with Crippen LogP contribution in [-0.2, 0) is 4.79 Å². The van der Waals surface area contributed by atoms with E-state index in [9.17, 15) is 9.59 Å². The van der Waals surface area contributed by atoms with Crippen molar-refractivity contribution in [3.63, 3.8) is 0 Å². The summed E-state index contributed by atoms with van der Waals surface area (Å²) in [5.41, 5.74) is 1.08. The summed E-state index contributed by atoms with van der Waals surface area (Å²) >= 11 is 0. The van der Waals surface area contributed by atoms with Gasteiger partial charge in [0.05, 0.1) is 5.69 Å². The fourth-order valence-corrected chi connectivity index (χ4v) is 1.66. The highest BCUT2D eigenvalue weighted by atomic mass is 16.1. The highest BCUT2D eigenvalue weighted by Gasteiger charge is 2.10. The van der Waals surface area contributed by atoms with Gasteiger partial charge in [-0.2, -0.15) is 0 Å². The number of anilines is 1. The minimum absolute atomic E-state index is 0.0521. The molecule has 0 aliphatic carbocycles. The number of unbranched alkanes of at least 4 members (excludes halogenated alkanes) is 1. The third-order valence-corrected chi connectivity index (χ3v) is 2.75. The smallest absolute Gasteiger partial charge is 0.224 e. The Labute approximate surface area is 120 Å². The van der Waals surface area contributed by atoms with Crippen molar-refractivity contribution in [1.29, 1.82) is 0 Å². The first-order valence-corrected chi connectivity index (χ1v) is 6.82. The van der Waals surface area contributed by atoms with E-state index >= 15 is 0 Å². The van der Waals surface area contributed by atoms with Crippen LogP contribution in [0.1, 0.15) is 36.5 Å². The Morgan fingerprint density at radius 2 is 1.95 bits per heavy atom. The number of nitrogens with zero attached hydrogens (tertiary/aromatic N) is 1. The zero-order valence-corrected chi connectivity index (χ0v) is 12.3. The molecule has 20 heavy (non-hydrogen) atoms. The van der Waals surface area contributed by atoms with E-state index in [2.05, 4.69) is 5.32 Å². The molecule has 1 rings (SSSR count). The Morgan fingerprint density at radius 1 is 1.25 bits per heavy atom. The van der Waals surface area contributed by atoms with Gasteiger partial charge in [-0.05, 0) is 18.6 Å². The van der Waals surface area contributed by atoms with Gasteiger partial charge >= 0.3 is 0 Å². The lowest BCUT2D eigenvalue weighted by atomic mass is 10.1. The number of hydrogen-bond acceptors (Lipinski definition) is 3. The van der Waals surface area contributed by atoms with Crippen LogP contribution in [0.5, 0.6) is 0 Å². The third kappa shape index (κ3) is 5.26. The van der Waals surface area contributed by atoms with Crippen LogP contribution in [0.15, 0.2) is 36.5 Å². The molecule has 4 nitrogen and oxygen atoms in total. The summed E-state index contributed by atoms with van der Waals surface area (Å²) in [6.07, 6.45) is 5.49. The first kappa shape index (κ1) is 16.0. The minimum atomic E-state index is -0.120. The first-order valence-electron chi connectivity index (χ1n) is 6.82. The van der Waals surface area contributed by atoms with Crippen LogP contribution in [0.2, 0.25) is 0 Å². The summed E-state index contributed by atoms with van der Waals surface area (Å²) in [6, 6.07) is 7.07. The van der Waals surface area contributed by atoms with Gasteiger partial charge in [-0.3, -0.25) is 9.59 Å². The molecule has 1 N–H and O–H groups in total. The van der Waals surface area contributed by atoms with Gasteiger partial charge in [0.15, 0.2) is 5.78 Å². The summed E-state index contributed by atoms with van der Waals surface area (Å²) in [5.74, 6) is -0.172. The van der Waals surface area contributed by atoms with E-state index in [1.165, 1.54) is 6.08 Å². The Hall–Kier alpha value is -2.10. The number of amides is 1. The Kier molecular flexibility index (Phi) is 6.50. The van der Waals surface area contributed by atoms with E-state index in [-0.39, 0.29) is 11.7 Å². The van der Waals surface area contributed by atoms with Crippen LogP contribution >= 0.6 is 0 Å². The second-order valence-electron chi connectivity index (χ2n) is 4.84. The van der Waals surface area contributed by atoms with Gasteiger partial charge in [0.25, 0.3) is 0 Å². The van der Waals surface area contributed by atoms with E-state index in [1.54, 1.807) is 29.3 Å². The third-order valence-electron chi connectivity index (χ3n) is 2.75. The van der Waals surface area contributed by atoms with Gasteiger partial charge in [-0.15, -0.1) is 0 Å².